The van der Waals surface area contributed by atoms with E-state index in [0.717, 1.165) is 70.6 Å². The number of hydrogen-bond acceptors (Lipinski definition) is 5. The number of carbonyl (C=O) groups excluding carboxylic acids is 1. The standard InChI is InChI=1S/C38H69N2O6P/c1-6-8-10-12-14-16-17-18-19-20-21-22-24-26-28-30-32-38(42)39-36(35-46-47(43,44)45-34-33-40(3,4)5)37(41)31-29-27-25-23-15-13-11-9-7-2/h7,9,15-17,19-20,23,29,31,36-37,41H,6,8,10-14,18,21-22,24-28,30,32-35H2,1-5H3,(H-,39,42,43,44)/p+1/b9-7+,17-16-,20-19-,23-15+,31-29+. The minimum absolute atomic E-state index is 0.0475. The van der Waals surface area contributed by atoms with Gasteiger partial charge >= 0.3 is 7.82 Å². The van der Waals surface area contributed by atoms with E-state index in [-0.39, 0.29) is 19.1 Å². The lowest BCUT2D eigenvalue weighted by Crippen LogP contribution is -2.45. The molecule has 0 aromatic carbocycles. The van der Waals surface area contributed by atoms with E-state index >= 15 is 0 Å². The van der Waals surface area contributed by atoms with Gasteiger partial charge in [-0.25, -0.2) is 4.57 Å². The number of allylic oxidation sites excluding steroid dienone is 9. The van der Waals surface area contributed by atoms with Crippen LogP contribution in [-0.2, 0) is 18.4 Å². The number of rotatable bonds is 31. The number of aliphatic hydroxyl groups is 1. The van der Waals surface area contributed by atoms with Gasteiger partial charge in [0.2, 0.25) is 5.91 Å². The van der Waals surface area contributed by atoms with Crippen LogP contribution in [0.3, 0.4) is 0 Å². The van der Waals surface area contributed by atoms with Crippen LogP contribution in [0.5, 0.6) is 0 Å². The average molecular weight is 682 g/mol. The number of aliphatic hydroxyl groups excluding tert-OH is 1. The van der Waals surface area contributed by atoms with Gasteiger partial charge in [-0.3, -0.25) is 13.8 Å². The first-order valence-electron chi connectivity index (χ1n) is 18.1. The van der Waals surface area contributed by atoms with Crippen LogP contribution in [0.25, 0.3) is 0 Å². The maximum atomic E-state index is 12.7. The van der Waals surface area contributed by atoms with Crippen molar-refractivity contribution in [3.05, 3.63) is 60.8 Å². The van der Waals surface area contributed by atoms with Gasteiger partial charge in [-0.15, -0.1) is 0 Å². The molecule has 3 atom stereocenters. The second-order valence-corrected chi connectivity index (χ2v) is 14.7. The summed E-state index contributed by atoms with van der Waals surface area (Å²) in [5.74, 6) is -0.213. The highest BCUT2D eigenvalue weighted by atomic mass is 31.2. The molecule has 0 rings (SSSR count). The third-order valence-corrected chi connectivity index (χ3v) is 8.52. The predicted molar refractivity (Wildman–Crippen MR) is 198 cm³/mol. The fourth-order valence-corrected chi connectivity index (χ4v) is 5.31. The van der Waals surface area contributed by atoms with Crippen molar-refractivity contribution in [1.29, 1.82) is 0 Å². The summed E-state index contributed by atoms with van der Waals surface area (Å²) in [5.41, 5.74) is 0. The van der Waals surface area contributed by atoms with Gasteiger partial charge < -0.3 is 19.8 Å². The summed E-state index contributed by atoms with van der Waals surface area (Å²) in [6.07, 6.45) is 37.4. The van der Waals surface area contributed by atoms with E-state index < -0.39 is 20.0 Å². The van der Waals surface area contributed by atoms with Crippen LogP contribution in [0, 0.1) is 0 Å². The van der Waals surface area contributed by atoms with E-state index in [4.69, 9.17) is 9.05 Å². The number of phosphoric acid groups is 1. The number of phosphoric ester groups is 1. The highest BCUT2D eigenvalue weighted by molar-refractivity contribution is 7.47. The Morgan fingerprint density at radius 3 is 1.94 bits per heavy atom. The molecule has 0 aliphatic heterocycles. The Kier molecular flexibility index (Phi) is 29.1. The third-order valence-electron chi connectivity index (χ3n) is 7.53. The van der Waals surface area contributed by atoms with Crippen LogP contribution < -0.4 is 5.32 Å². The van der Waals surface area contributed by atoms with Crippen molar-refractivity contribution in [3.63, 3.8) is 0 Å². The minimum atomic E-state index is -4.34. The van der Waals surface area contributed by atoms with Gasteiger partial charge in [-0.05, 0) is 71.1 Å². The van der Waals surface area contributed by atoms with Crippen molar-refractivity contribution in [3.8, 4) is 0 Å². The van der Waals surface area contributed by atoms with Crippen molar-refractivity contribution in [2.75, 3.05) is 40.9 Å². The molecular formula is C38H70N2O6P+. The normalized spacial score (nSPS) is 15.5. The summed E-state index contributed by atoms with van der Waals surface area (Å²) in [5, 5.41) is 13.6. The first kappa shape index (κ1) is 45.2. The molecule has 8 nitrogen and oxygen atoms in total. The molecule has 3 N–H and O–H groups in total. The molecule has 0 aromatic heterocycles. The van der Waals surface area contributed by atoms with Crippen LogP contribution >= 0.6 is 7.82 Å². The van der Waals surface area contributed by atoms with Gasteiger partial charge in [0, 0.05) is 6.42 Å². The van der Waals surface area contributed by atoms with Gasteiger partial charge in [0.1, 0.15) is 13.2 Å². The van der Waals surface area contributed by atoms with Crippen LogP contribution in [0.1, 0.15) is 123 Å². The summed E-state index contributed by atoms with van der Waals surface area (Å²) in [6.45, 7) is 4.48. The molecule has 1 amide bonds. The molecule has 0 spiro atoms. The lowest BCUT2D eigenvalue weighted by atomic mass is 10.1. The molecule has 3 unspecified atom stereocenters. The zero-order valence-electron chi connectivity index (χ0n) is 30.5. The van der Waals surface area contributed by atoms with Gasteiger partial charge in [0.15, 0.2) is 0 Å². The van der Waals surface area contributed by atoms with Crippen molar-refractivity contribution < 1.29 is 32.9 Å². The average Bonchev–Trinajstić information content (AvgIpc) is 3.01. The second-order valence-electron chi connectivity index (χ2n) is 13.2. The molecule has 0 saturated heterocycles. The molecule has 9 heteroatoms. The molecule has 0 bridgehead atoms. The van der Waals surface area contributed by atoms with E-state index in [1.54, 1.807) is 6.08 Å². The maximum Gasteiger partial charge on any atom is 0.472 e. The lowest BCUT2D eigenvalue weighted by molar-refractivity contribution is -0.870. The van der Waals surface area contributed by atoms with Crippen LogP contribution in [0.2, 0.25) is 0 Å². The minimum Gasteiger partial charge on any atom is -0.387 e. The Hall–Kier alpha value is -1.80. The van der Waals surface area contributed by atoms with Crippen LogP contribution in [0.4, 0.5) is 0 Å². The zero-order chi connectivity index (χ0) is 35.1. The van der Waals surface area contributed by atoms with Gasteiger partial charge in [0.05, 0.1) is 39.9 Å². The summed E-state index contributed by atoms with van der Waals surface area (Å²) in [7, 11) is 1.52. The molecule has 0 aromatic rings. The smallest absolute Gasteiger partial charge is 0.387 e. The molecule has 272 valence electrons. The first-order valence-corrected chi connectivity index (χ1v) is 19.6. The fourth-order valence-electron chi connectivity index (χ4n) is 4.58. The van der Waals surface area contributed by atoms with Gasteiger partial charge in [-0.1, -0.05) is 106 Å². The summed E-state index contributed by atoms with van der Waals surface area (Å²) in [6, 6.07) is -0.875. The molecule has 0 fully saturated rings. The van der Waals surface area contributed by atoms with Crippen molar-refractivity contribution >= 4 is 13.7 Å². The third kappa shape index (κ3) is 32.5. The summed E-state index contributed by atoms with van der Waals surface area (Å²) >= 11 is 0. The summed E-state index contributed by atoms with van der Waals surface area (Å²) in [4.78, 5) is 22.9. The molecule has 0 heterocycles. The molecule has 0 radical (unpaired) electrons. The van der Waals surface area contributed by atoms with E-state index in [2.05, 4.69) is 54.8 Å². The zero-order valence-corrected chi connectivity index (χ0v) is 31.4. The Morgan fingerprint density at radius 2 is 1.32 bits per heavy atom. The molecular weight excluding hydrogens is 611 g/mol. The van der Waals surface area contributed by atoms with Crippen molar-refractivity contribution in [2.45, 2.75) is 135 Å². The first-order chi connectivity index (χ1) is 22.5. The molecule has 47 heavy (non-hydrogen) atoms. The highest BCUT2D eigenvalue weighted by Gasteiger charge is 2.27. The number of hydrogen-bond donors (Lipinski definition) is 3. The lowest BCUT2D eigenvalue weighted by Gasteiger charge is -2.25. The van der Waals surface area contributed by atoms with Crippen LogP contribution in [0.15, 0.2) is 60.8 Å². The molecule has 0 aliphatic rings. The molecule has 0 saturated carbocycles. The van der Waals surface area contributed by atoms with E-state index in [9.17, 15) is 19.4 Å². The SMILES string of the molecule is C/C=C/CC/C=C/CC/C=C/C(O)C(COP(=O)(O)OCC[N+](C)(C)C)NC(=O)CCCCCCC/C=C\C/C=C\CCCCCC. The fraction of sp³-hybridized carbons (Fsp3) is 0.711. The van der Waals surface area contributed by atoms with Crippen LogP contribution in [-0.4, -0.2) is 73.4 Å². The topological polar surface area (TPSA) is 105 Å². The number of unbranched alkanes of at least 4 members (excludes halogenated alkanes) is 11. The largest absolute Gasteiger partial charge is 0.472 e. The van der Waals surface area contributed by atoms with Crippen molar-refractivity contribution in [1.82, 2.24) is 5.32 Å². The Bertz CT molecular complexity index is 954. The number of nitrogens with zero attached hydrogens (tertiary/aromatic N) is 1. The second kappa shape index (κ2) is 30.3. The predicted octanol–water partition coefficient (Wildman–Crippen LogP) is 9.12. The van der Waals surface area contributed by atoms with Crippen molar-refractivity contribution in [2.24, 2.45) is 0 Å². The number of quaternary nitrogens is 1. The van der Waals surface area contributed by atoms with Gasteiger partial charge in [-0.2, -0.15) is 0 Å². The quantitative estimate of drug-likeness (QED) is 0.0292. The van der Waals surface area contributed by atoms with E-state index in [1.807, 2.05) is 40.2 Å². The molecule has 0 aliphatic carbocycles. The number of amides is 1. The monoisotopic (exact) mass is 681 g/mol. The highest BCUT2D eigenvalue weighted by Crippen LogP contribution is 2.43. The number of likely N-dealkylation sites (N-methyl/N-ethyl adjacent to an activating group) is 1. The van der Waals surface area contributed by atoms with E-state index in [1.165, 1.54) is 32.1 Å². The summed E-state index contributed by atoms with van der Waals surface area (Å²) < 4.78 is 23.3. The van der Waals surface area contributed by atoms with Gasteiger partial charge in [0.25, 0.3) is 0 Å². The Morgan fingerprint density at radius 1 is 0.766 bits per heavy atom. The number of nitrogens with one attached hydrogen (secondary N) is 1. The maximum absolute atomic E-state index is 12.7. The number of carbonyl (C=O) groups is 1. The van der Waals surface area contributed by atoms with E-state index in [0.29, 0.717) is 17.4 Å². The Labute approximate surface area is 288 Å². The Balaban J connectivity index is 4.57.